The highest BCUT2D eigenvalue weighted by Crippen LogP contribution is 2.36. The molecule has 130 valence electrons. The van der Waals surface area contributed by atoms with Crippen molar-refractivity contribution in [2.75, 3.05) is 12.5 Å². The van der Waals surface area contributed by atoms with Crippen LogP contribution in [0.2, 0.25) is 0 Å². The molecule has 0 saturated carbocycles. The molecule has 0 aromatic heterocycles. The van der Waals surface area contributed by atoms with Crippen LogP contribution in [0.5, 0.6) is 11.5 Å². The molecule has 1 atom stereocenters. The zero-order valence-corrected chi connectivity index (χ0v) is 15.0. The number of hydrogen-bond donors (Lipinski definition) is 2. The predicted molar refractivity (Wildman–Crippen MR) is 99.6 cm³/mol. The van der Waals surface area contributed by atoms with E-state index in [4.69, 9.17) is 21.7 Å². The van der Waals surface area contributed by atoms with E-state index < -0.39 is 0 Å². The first kappa shape index (κ1) is 16.5. The molecule has 7 heteroatoms. The SMILES string of the molecule is Fc1ccc2c(c1)[C@@H](NC(=S)NCc1ccc3c(c1)OCO3)CCS2. The smallest absolute Gasteiger partial charge is 0.231 e. The van der Waals surface area contributed by atoms with Crippen molar-refractivity contribution >= 4 is 29.1 Å². The topological polar surface area (TPSA) is 42.5 Å². The number of thioether (sulfide) groups is 1. The highest BCUT2D eigenvalue weighted by molar-refractivity contribution is 7.99. The number of fused-ring (bicyclic) bond motifs is 2. The van der Waals surface area contributed by atoms with Gasteiger partial charge in [-0.05, 0) is 60.1 Å². The molecule has 2 aromatic carbocycles. The molecule has 0 bridgehead atoms. The summed E-state index contributed by atoms with van der Waals surface area (Å²) in [6.45, 7) is 0.849. The summed E-state index contributed by atoms with van der Waals surface area (Å²) in [6, 6.07) is 10.8. The average Bonchev–Trinajstić information content (AvgIpc) is 3.08. The summed E-state index contributed by atoms with van der Waals surface area (Å²) >= 11 is 7.17. The monoisotopic (exact) mass is 376 g/mol. The van der Waals surface area contributed by atoms with Gasteiger partial charge in [0.15, 0.2) is 16.6 Å². The molecule has 25 heavy (non-hydrogen) atoms. The zero-order valence-electron chi connectivity index (χ0n) is 13.4. The first-order valence-corrected chi connectivity index (χ1v) is 9.43. The van der Waals surface area contributed by atoms with Crippen molar-refractivity contribution < 1.29 is 13.9 Å². The molecule has 2 aliphatic heterocycles. The van der Waals surface area contributed by atoms with E-state index in [1.165, 1.54) is 6.07 Å². The van der Waals surface area contributed by atoms with Crippen LogP contribution in [0.25, 0.3) is 0 Å². The molecule has 2 heterocycles. The predicted octanol–water partition coefficient (Wildman–Crippen LogP) is 3.76. The Morgan fingerprint density at radius 2 is 2.08 bits per heavy atom. The van der Waals surface area contributed by atoms with E-state index in [2.05, 4.69) is 10.6 Å². The molecule has 4 nitrogen and oxygen atoms in total. The number of thiocarbonyl (C=S) groups is 1. The van der Waals surface area contributed by atoms with Crippen LogP contribution in [0.15, 0.2) is 41.3 Å². The Bertz CT molecular complexity index is 816. The van der Waals surface area contributed by atoms with Crippen molar-refractivity contribution in [3.05, 3.63) is 53.3 Å². The van der Waals surface area contributed by atoms with Crippen LogP contribution < -0.4 is 20.1 Å². The molecular formula is C18H17FN2O2S2. The van der Waals surface area contributed by atoms with Crippen molar-refractivity contribution in [3.63, 3.8) is 0 Å². The van der Waals surface area contributed by atoms with E-state index in [-0.39, 0.29) is 18.7 Å². The second-order valence-corrected chi connectivity index (χ2v) is 7.43. The summed E-state index contributed by atoms with van der Waals surface area (Å²) in [5, 5.41) is 7.08. The summed E-state index contributed by atoms with van der Waals surface area (Å²) in [5.74, 6) is 2.29. The number of rotatable bonds is 3. The second kappa shape index (κ2) is 7.09. The van der Waals surface area contributed by atoms with E-state index in [0.717, 1.165) is 39.7 Å². The quantitative estimate of drug-likeness (QED) is 0.796. The van der Waals surface area contributed by atoms with Crippen LogP contribution in [0.3, 0.4) is 0 Å². The molecule has 0 spiro atoms. The molecular weight excluding hydrogens is 359 g/mol. The van der Waals surface area contributed by atoms with Gasteiger partial charge < -0.3 is 20.1 Å². The number of nitrogens with one attached hydrogen (secondary N) is 2. The van der Waals surface area contributed by atoms with Gasteiger partial charge in [0, 0.05) is 17.2 Å². The minimum absolute atomic E-state index is 0.0312. The molecule has 0 unspecified atom stereocenters. The van der Waals surface area contributed by atoms with Crippen molar-refractivity contribution in [2.24, 2.45) is 0 Å². The Morgan fingerprint density at radius 3 is 3.00 bits per heavy atom. The van der Waals surface area contributed by atoms with Crippen molar-refractivity contribution in [3.8, 4) is 11.5 Å². The molecule has 4 rings (SSSR count). The summed E-state index contributed by atoms with van der Waals surface area (Å²) in [4.78, 5) is 1.11. The van der Waals surface area contributed by atoms with Crippen LogP contribution in [-0.4, -0.2) is 17.7 Å². The summed E-state index contributed by atoms with van der Waals surface area (Å²) in [6.07, 6.45) is 0.910. The lowest BCUT2D eigenvalue weighted by Crippen LogP contribution is -2.38. The van der Waals surface area contributed by atoms with Gasteiger partial charge in [-0.15, -0.1) is 11.8 Å². The fourth-order valence-corrected chi connectivity index (χ4v) is 4.28. The van der Waals surface area contributed by atoms with Gasteiger partial charge in [-0.3, -0.25) is 0 Å². The first-order valence-electron chi connectivity index (χ1n) is 8.04. The Morgan fingerprint density at radius 1 is 1.20 bits per heavy atom. The molecule has 0 aliphatic carbocycles. The Hall–Kier alpha value is -1.99. The summed E-state index contributed by atoms with van der Waals surface area (Å²) < 4.78 is 24.3. The standard InChI is InChI=1S/C18H17FN2O2S2/c19-12-2-4-17-13(8-12)14(5-6-25-17)21-18(24)20-9-11-1-3-15-16(7-11)23-10-22-15/h1-4,7-8,14H,5-6,9-10H2,(H2,20,21,24)/t14-/m0/s1. The normalized spacial score (nSPS) is 17.7. The van der Waals surface area contributed by atoms with Crippen LogP contribution in [-0.2, 0) is 6.54 Å². The van der Waals surface area contributed by atoms with E-state index in [9.17, 15) is 4.39 Å². The van der Waals surface area contributed by atoms with Gasteiger partial charge in [-0.2, -0.15) is 0 Å². The largest absolute Gasteiger partial charge is 0.454 e. The minimum atomic E-state index is -0.215. The van der Waals surface area contributed by atoms with E-state index in [1.807, 2.05) is 24.3 Å². The molecule has 0 saturated heterocycles. The molecule has 0 fully saturated rings. The highest BCUT2D eigenvalue weighted by Gasteiger charge is 2.22. The third-order valence-electron chi connectivity index (χ3n) is 4.21. The Kier molecular flexibility index (Phi) is 4.67. The second-order valence-electron chi connectivity index (χ2n) is 5.89. The van der Waals surface area contributed by atoms with Crippen molar-refractivity contribution in [2.45, 2.75) is 23.9 Å². The maximum atomic E-state index is 13.6. The van der Waals surface area contributed by atoms with Gasteiger partial charge >= 0.3 is 0 Å². The van der Waals surface area contributed by atoms with Gasteiger partial charge in [-0.25, -0.2) is 4.39 Å². The van der Waals surface area contributed by atoms with E-state index >= 15 is 0 Å². The van der Waals surface area contributed by atoms with E-state index in [1.54, 1.807) is 17.8 Å². The average molecular weight is 376 g/mol. The van der Waals surface area contributed by atoms with E-state index in [0.29, 0.717) is 11.7 Å². The lowest BCUT2D eigenvalue weighted by atomic mass is 10.0. The van der Waals surface area contributed by atoms with Gasteiger partial charge in [0.25, 0.3) is 0 Å². The first-order chi connectivity index (χ1) is 12.2. The number of halogens is 1. The zero-order chi connectivity index (χ0) is 17.2. The Balaban J connectivity index is 1.38. The fraction of sp³-hybridized carbons (Fsp3) is 0.278. The van der Waals surface area contributed by atoms with Gasteiger partial charge in [-0.1, -0.05) is 6.07 Å². The summed E-state index contributed by atoms with van der Waals surface area (Å²) in [5.41, 5.74) is 2.03. The van der Waals surface area contributed by atoms with Crippen LogP contribution >= 0.6 is 24.0 Å². The van der Waals surface area contributed by atoms with Gasteiger partial charge in [0.2, 0.25) is 6.79 Å². The van der Waals surface area contributed by atoms with Gasteiger partial charge in [0.05, 0.1) is 6.04 Å². The maximum absolute atomic E-state index is 13.6. The van der Waals surface area contributed by atoms with Gasteiger partial charge in [0.1, 0.15) is 5.82 Å². The lowest BCUT2D eigenvalue weighted by Gasteiger charge is -2.27. The molecule has 0 amide bonds. The minimum Gasteiger partial charge on any atom is -0.454 e. The fourth-order valence-electron chi connectivity index (χ4n) is 2.96. The highest BCUT2D eigenvalue weighted by atomic mass is 32.2. The van der Waals surface area contributed by atoms with Crippen molar-refractivity contribution in [1.29, 1.82) is 0 Å². The van der Waals surface area contributed by atoms with Crippen LogP contribution in [0, 0.1) is 5.82 Å². The number of benzene rings is 2. The molecule has 2 N–H and O–H groups in total. The molecule has 0 radical (unpaired) electrons. The third kappa shape index (κ3) is 3.67. The molecule has 2 aliphatic rings. The molecule has 2 aromatic rings. The van der Waals surface area contributed by atoms with Crippen molar-refractivity contribution in [1.82, 2.24) is 10.6 Å². The third-order valence-corrected chi connectivity index (χ3v) is 5.59. The van der Waals surface area contributed by atoms with Crippen LogP contribution in [0.4, 0.5) is 4.39 Å². The summed E-state index contributed by atoms with van der Waals surface area (Å²) in [7, 11) is 0. The lowest BCUT2D eigenvalue weighted by molar-refractivity contribution is 0.174. The van der Waals surface area contributed by atoms with Crippen LogP contribution in [0.1, 0.15) is 23.6 Å². The maximum Gasteiger partial charge on any atom is 0.231 e. The number of hydrogen-bond acceptors (Lipinski definition) is 4. The Labute approximate surface area is 155 Å². The number of ether oxygens (including phenoxy) is 2.